The summed E-state index contributed by atoms with van der Waals surface area (Å²) >= 11 is 3.35. The van der Waals surface area contributed by atoms with Crippen LogP contribution in [0.5, 0.6) is 5.75 Å². The Bertz CT molecular complexity index is 692. The lowest BCUT2D eigenvalue weighted by Crippen LogP contribution is -2.35. The number of rotatable bonds is 6. The van der Waals surface area contributed by atoms with Crippen molar-refractivity contribution in [2.75, 3.05) is 22.1 Å². The SMILES string of the molecule is CCC(=O)Nc1cccc(OC(=O)N(CCBr)c2ccccc2)c1. The summed E-state index contributed by atoms with van der Waals surface area (Å²) in [4.78, 5) is 25.5. The summed E-state index contributed by atoms with van der Waals surface area (Å²) < 4.78 is 5.45. The van der Waals surface area contributed by atoms with Gasteiger partial charge in [0.1, 0.15) is 5.75 Å². The molecule has 2 rings (SSSR count). The third-order valence-corrected chi connectivity index (χ3v) is 3.60. The van der Waals surface area contributed by atoms with Crippen LogP contribution < -0.4 is 15.0 Å². The monoisotopic (exact) mass is 390 g/mol. The zero-order valence-electron chi connectivity index (χ0n) is 13.4. The zero-order valence-corrected chi connectivity index (χ0v) is 15.0. The molecule has 24 heavy (non-hydrogen) atoms. The van der Waals surface area contributed by atoms with E-state index in [9.17, 15) is 9.59 Å². The fourth-order valence-electron chi connectivity index (χ4n) is 2.06. The van der Waals surface area contributed by atoms with Crippen LogP contribution in [0.3, 0.4) is 0 Å². The first-order valence-electron chi connectivity index (χ1n) is 7.64. The second kappa shape index (κ2) is 9.08. The lowest BCUT2D eigenvalue weighted by Gasteiger charge is -2.21. The van der Waals surface area contributed by atoms with Crippen LogP contribution in [0.15, 0.2) is 54.6 Å². The number of hydrogen-bond donors (Lipinski definition) is 1. The van der Waals surface area contributed by atoms with Crippen molar-refractivity contribution in [3.63, 3.8) is 0 Å². The van der Waals surface area contributed by atoms with Gasteiger partial charge >= 0.3 is 6.09 Å². The van der Waals surface area contributed by atoms with Crippen molar-refractivity contribution in [3.05, 3.63) is 54.6 Å². The van der Waals surface area contributed by atoms with Gasteiger partial charge in [-0.2, -0.15) is 0 Å². The molecule has 6 heteroatoms. The Morgan fingerprint density at radius 3 is 2.54 bits per heavy atom. The van der Waals surface area contributed by atoms with E-state index in [1.165, 1.54) is 0 Å². The number of hydrogen-bond acceptors (Lipinski definition) is 3. The maximum atomic E-state index is 12.5. The largest absolute Gasteiger partial charge is 0.419 e. The Balaban J connectivity index is 2.12. The molecule has 126 valence electrons. The van der Waals surface area contributed by atoms with Gasteiger partial charge in [0, 0.05) is 35.7 Å². The average Bonchev–Trinajstić information content (AvgIpc) is 2.60. The third-order valence-electron chi connectivity index (χ3n) is 3.24. The van der Waals surface area contributed by atoms with Crippen molar-refractivity contribution in [2.24, 2.45) is 0 Å². The summed E-state index contributed by atoms with van der Waals surface area (Å²) in [5.74, 6) is 0.285. The van der Waals surface area contributed by atoms with Crippen LogP contribution in [-0.2, 0) is 4.79 Å². The van der Waals surface area contributed by atoms with E-state index in [1.54, 1.807) is 36.1 Å². The van der Waals surface area contributed by atoms with E-state index in [2.05, 4.69) is 21.2 Å². The highest BCUT2D eigenvalue weighted by atomic mass is 79.9. The quantitative estimate of drug-likeness (QED) is 0.741. The maximum Gasteiger partial charge on any atom is 0.419 e. The fourth-order valence-corrected chi connectivity index (χ4v) is 2.42. The van der Waals surface area contributed by atoms with Gasteiger partial charge in [-0.25, -0.2) is 4.79 Å². The average molecular weight is 391 g/mol. The van der Waals surface area contributed by atoms with Gasteiger partial charge in [-0.15, -0.1) is 0 Å². The van der Waals surface area contributed by atoms with Crippen LogP contribution in [-0.4, -0.2) is 23.9 Å². The van der Waals surface area contributed by atoms with Gasteiger partial charge in [-0.3, -0.25) is 9.69 Å². The molecule has 0 aliphatic carbocycles. The van der Waals surface area contributed by atoms with Crippen LogP contribution in [0, 0.1) is 0 Å². The molecule has 0 radical (unpaired) electrons. The number of para-hydroxylation sites is 1. The van der Waals surface area contributed by atoms with E-state index in [0.717, 1.165) is 5.69 Å². The van der Waals surface area contributed by atoms with Crippen molar-refractivity contribution in [3.8, 4) is 5.75 Å². The number of anilines is 2. The Labute approximate surface area is 149 Å². The molecule has 2 aromatic carbocycles. The molecule has 0 fully saturated rings. The number of nitrogens with one attached hydrogen (secondary N) is 1. The predicted octanol–water partition coefficient (Wildman–Crippen LogP) is 4.44. The Kier molecular flexibility index (Phi) is 6.81. The number of amides is 2. The Morgan fingerprint density at radius 2 is 1.88 bits per heavy atom. The van der Waals surface area contributed by atoms with Crippen LogP contribution >= 0.6 is 15.9 Å². The minimum atomic E-state index is -0.473. The number of alkyl halides is 1. The minimum Gasteiger partial charge on any atom is -0.410 e. The molecule has 0 spiro atoms. The van der Waals surface area contributed by atoms with E-state index in [1.807, 2.05) is 30.3 Å². The van der Waals surface area contributed by atoms with Crippen LogP contribution in [0.4, 0.5) is 16.2 Å². The molecular formula is C18H19BrN2O3. The fraction of sp³-hybridized carbons (Fsp3) is 0.222. The summed E-state index contributed by atoms with van der Waals surface area (Å²) in [7, 11) is 0. The first-order valence-corrected chi connectivity index (χ1v) is 8.76. The van der Waals surface area contributed by atoms with E-state index in [4.69, 9.17) is 4.74 Å². The maximum absolute atomic E-state index is 12.5. The van der Waals surface area contributed by atoms with Crippen molar-refractivity contribution in [1.29, 1.82) is 0 Å². The first-order chi connectivity index (χ1) is 11.6. The summed E-state index contributed by atoms with van der Waals surface area (Å²) in [6, 6.07) is 16.1. The smallest absolute Gasteiger partial charge is 0.410 e. The number of nitrogens with zero attached hydrogens (tertiary/aromatic N) is 1. The molecule has 0 saturated heterocycles. The molecule has 0 bridgehead atoms. The zero-order chi connectivity index (χ0) is 17.4. The highest BCUT2D eigenvalue weighted by Crippen LogP contribution is 2.20. The topological polar surface area (TPSA) is 58.6 Å². The van der Waals surface area contributed by atoms with Gasteiger partial charge < -0.3 is 10.1 Å². The summed E-state index contributed by atoms with van der Waals surface area (Å²) in [6.07, 6.45) is -0.0866. The number of ether oxygens (including phenoxy) is 1. The first kappa shape index (κ1) is 18.0. The second-order valence-electron chi connectivity index (χ2n) is 4.97. The summed E-state index contributed by atoms with van der Waals surface area (Å²) in [5.41, 5.74) is 1.36. The lowest BCUT2D eigenvalue weighted by atomic mass is 10.3. The van der Waals surface area contributed by atoms with Crippen molar-refractivity contribution >= 4 is 39.3 Å². The highest BCUT2D eigenvalue weighted by Gasteiger charge is 2.17. The van der Waals surface area contributed by atoms with Crippen LogP contribution in [0.25, 0.3) is 0 Å². The standard InChI is InChI=1S/C18H19BrN2O3/c1-2-17(22)20-14-7-6-10-16(13-14)24-18(23)21(12-11-19)15-8-4-3-5-9-15/h3-10,13H,2,11-12H2,1H3,(H,20,22). The molecule has 0 heterocycles. The molecular weight excluding hydrogens is 372 g/mol. The molecule has 0 atom stereocenters. The van der Waals surface area contributed by atoms with Gasteiger partial charge in [0.15, 0.2) is 0 Å². The van der Waals surface area contributed by atoms with Crippen LogP contribution in [0.2, 0.25) is 0 Å². The lowest BCUT2D eigenvalue weighted by molar-refractivity contribution is -0.115. The van der Waals surface area contributed by atoms with Gasteiger partial charge in [-0.1, -0.05) is 47.1 Å². The van der Waals surface area contributed by atoms with Crippen molar-refractivity contribution in [2.45, 2.75) is 13.3 Å². The molecule has 0 aliphatic heterocycles. The Hall–Kier alpha value is -2.34. The van der Waals surface area contributed by atoms with Gasteiger partial charge in [-0.05, 0) is 24.3 Å². The molecule has 0 aromatic heterocycles. The minimum absolute atomic E-state index is 0.0938. The second-order valence-corrected chi connectivity index (χ2v) is 5.77. The summed E-state index contributed by atoms with van der Waals surface area (Å²) in [5, 5.41) is 3.37. The van der Waals surface area contributed by atoms with E-state index in [-0.39, 0.29) is 5.91 Å². The summed E-state index contributed by atoms with van der Waals surface area (Å²) in [6.45, 7) is 2.26. The molecule has 1 N–H and O–H groups in total. The highest BCUT2D eigenvalue weighted by molar-refractivity contribution is 9.09. The number of benzene rings is 2. The van der Waals surface area contributed by atoms with Gasteiger partial charge in [0.25, 0.3) is 0 Å². The van der Waals surface area contributed by atoms with Crippen LogP contribution in [0.1, 0.15) is 13.3 Å². The van der Waals surface area contributed by atoms with E-state index >= 15 is 0 Å². The molecule has 2 aromatic rings. The van der Waals surface area contributed by atoms with Gasteiger partial charge in [0.05, 0.1) is 0 Å². The van der Waals surface area contributed by atoms with E-state index < -0.39 is 6.09 Å². The third kappa shape index (κ3) is 5.09. The molecule has 5 nitrogen and oxygen atoms in total. The number of carbonyl (C=O) groups is 2. The molecule has 2 amide bonds. The van der Waals surface area contributed by atoms with Crippen molar-refractivity contribution in [1.82, 2.24) is 0 Å². The van der Waals surface area contributed by atoms with E-state index in [0.29, 0.717) is 29.7 Å². The van der Waals surface area contributed by atoms with Crippen molar-refractivity contribution < 1.29 is 14.3 Å². The molecule has 0 saturated carbocycles. The molecule has 0 unspecified atom stereocenters. The predicted molar refractivity (Wildman–Crippen MR) is 99.0 cm³/mol. The Morgan fingerprint density at radius 1 is 1.12 bits per heavy atom. The van der Waals surface area contributed by atoms with Gasteiger partial charge in [0.2, 0.25) is 5.91 Å². The molecule has 0 aliphatic rings. The number of halogens is 1. The normalized spacial score (nSPS) is 10.1. The number of carbonyl (C=O) groups excluding carboxylic acids is 2.